The number of aryl methyl sites for hydroxylation is 1. The molecule has 0 amide bonds. The molecule has 78 valence electrons. The second-order valence-corrected chi connectivity index (χ2v) is 3.58. The van der Waals surface area contributed by atoms with Crippen molar-refractivity contribution in [1.29, 1.82) is 0 Å². The van der Waals surface area contributed by atoms with Crippen molar-refractivity contribution >= 4 is 16.7 Å². The van der Waals surface area contributed by atoms with Crippen molar-refractivity contribution in [3.8, 4) is 0 Å². The topological polar surface area (TPSA) is 51.0 Å². The number of rotatable bonds is 1. The van der Waals surface area contributed by atoms with Gasteiger partial charge in [-0.3, -0.25) is 4.79 Å². The molecule has 0 aliphatic carbocycles. The highest BCUT2D eigenvalue weighted by Gasteiger charge is 2.08. The first-order chi connectivity index (χ1) is 7.11. The number of hydrogen-bond donors (Lipinski definition) is 0. The summed E-state index contributed by atoms with van der Waals surface area (Å²) in [5.74, 6) is 0. The molecule has 0 bridgehead atoms. The van der Waals surface area contributed by atoms with Crippen LogP contribution < -0.4 is 10.5 Å². The molecule has 2 aromatic rings. The summed E-state index contributed by atoms with van der Waals surface area (Å²) in [6, 6.07) is 1.84. The number of hydrogen-bond acceptors (Lipinski definition) is 4. The van der Waals surface area contributed by atoms with Gasteiger partial charge in [-0.1, -0.05) is 0 Å². The van der Waals surface area contributed by atoms with Gasteiger partial charge in [0.1, 0.15) is 5.52 Å². The molecule has 2 aromatic heterocycles. The summed E-state index contributed by atoms with van der Waals surface area (Å²) in [7, 11) is 5.49. The Morgan fingerprint density at radius 3 is 2.67 bits per heavy atom. The van der Waals surface area contributed by atoms with Crippen LogP contribution in [0.2, 0.25) is 0 Å². The molecule has 2 heterocycles. The Kier molecular flexibility index (Phi) is 2.15. The normalized spacial score (nSPS) is 10.6. The van der Waals surface area contributed by atoms with Gasteiger partial charge in [-0.25, -0.2) is 9.97 Å². The molecule has 5 nitrogen and oxygen atoms in total. The van der Waals surface area contributed by atoms with Crippen LogP contribution in [-0.2, 0) is 7.05 Å². The van der Waals surface area contributed by atoms with E-state index in [-0.39, 0.29) is 5.56 Å². The molecule has 2 rings (SSSR count). The molecule has 0 aliphatic rings. The number of fused-ring (bicyclic) bond motifs is 1. The van der Waals surface area contributed by atoms with Gasteiger partial charge in [0.05, 0.1) is 12.0 Å². The van der Waals surface area contributed by atoms with E-state index in [1.54, 1.807) is 13.2 Å². The van der Waals surface area contributed by atoms with Crippen LogP contribution in [0, 0.1) is 0 Å². The Balaban J connectivity index is 2.90. The minimum Gasteiger partial charge on any atom is -0.376 e. The predicted molar refractivity (Wildman–Crippen MR) is 59.1 cm³/mol. The van der Waals surface area contributed by atoms with Crippen LogP contribution in [0.5, 0.6) is 0 Å². The highest BCUT2D eigenvalue weighted by atomic mass is 16.1. The summed E-state index contributed by atoms with van der Waals surface area (Å²) in [4.78, 5) is 21.9. The summed E-state index contributed by atoms with van der Waals surface area (Å²) >= 11 is 0. The molecule has 0 aromatic carbocycles. The summed E-state index contributed by atoms with van der Waals surface area (Å²) in [5.41, 5.74) is 1.83. The van der Waals surface area contributed by atoms with Crippen molar-refractivity contribution in [2.45, 2.75) is 0 Å². The molecule has 5 heteroatoms. The van der Waals surface area contributed by atoms with E-state index < -0.39 is 0 Å². The third-order valence-corrected chi connectivity index (χ3v) is 2.27. The average Bonchev–Trinajstić information content (AvgIpc) is 2.23. The second-order valence-electron chi connectivity index (χ2n) is 3.58. The molecule has 0 atom stereocenters. The molecule has 0 N–H and O–H groups in total. The first kappa shape index (κ1) is 9.64. The van der Waals surface area contributed by atoms with Gasteiger partial charge < -0.3 is 9.47 Å². The first-order valence-electron chi connectivity index (χ1n) is 4.59. The van der Waals surface area contributed by atoms with E-state index in [0.717, 1.165) is 5.69 Å². The summed E-state index contributed by atoms with van der Waals surface area (Å²) < 4.78 is 1.43. The SMILES string of the molecule is CN(C)c1ccnc2c(=O)n(C)cnc12. The maximum atomic E-state index is 11.7. The highest BCUT2D eigenvalue weighted by molar-refractivity contribution is 5.86. The molecule has 15 heavy (non-hydrogen) atoms. The molecule has 0 saturated carbocycles. The van der Waals surface area contributed by atoms with Crippen molar-refractivity contribution in [3.63, 3.8) is 0 Å². The first-order valence-corrected chi connectivity index (χ1v) is 4.59. The van der Waals surface area contributed by atoms with Gasteiger partial charge in [0.25, 0.3) is 5.56 Å². The molecule has 0 fully saturated rings. The fourth-order valence-electron chi connectivity index (χ4n) is 1.45. The average molecular weight is 204 g/mol. The van der Waals surface area contributed by atoms with E-state index in [9.17, 15) is 4.79 Å². The van der Waals surface area contributed by atoms with Crippen molar-refractivity contribution in [2.24, 2.45) is 7.05 Å². The van der Waals surface area contributed by atoms with Crippen LogP contribution in [0.3, 0.4) is 0 Å². The summed E-state index contributed by atoms with van der Waals surface area (Å²) in [5, 5.41) is 0. The van der Waals surface area contributed by atoms with Gasteiger partial charge in [-0.15, -0.1) is 0 Å². The van der Waals surface area contributed by atoms with Gasteiger partial charge >= 0.3 is 0 Å². The van der Waals surface area contributed by atoms with E-state index >= 15 is 0 Å². The zero-order valence-corrected chi connectivity index (χ0v) is 8.93. The fraction of sp³-hybridized carbons (Fsp3) is 0.300. The Bertz CT molecular complexity index is 559. The van der Waals surface area contributed by atoms with E-state index in [1.165, 1.54) is 10.9 Å². The van der Waals surface area contributed by atoms with E-state index in [2.05, 4.69) is 9.97 Å². The van der Waals surface area contributed by atoms with Crippen molar-refractivity contribution in [3.05, 3.63) is 28.9 Å². The lowest BCUT2D eigenvalue weighted by Crippen LogP contribution is -2.19. The molecule has 0 spiro atoms. The van der Waals surface area contributed by atoms with Crippen molar-refractivity contribution in [1.82, 2.24) is 14.5 Å². The highest BCUT2D eigenvalue weighted by Crippen LogP contribution is 2.18. The Hall–Kier alpha value is -1.91. The Morgan fingerprint density at radius 1 is 1.27 bits per heavy atom. The molecule has 0 saturated heterocycles. The zero-order chi connectivity index (χ0) is 11.0. The smallest absolute Gasteiger partial charge is 0.279 e. The largest absolute Gasteiger partial charge is 0.376 e. The quantitative estimate of drug-likeness (QED) is 0.674. The van der Waals surface area contributed by atoms with Crippen LogP contribution in [0.15, 0.2) is 23.4 Å². The van der Waals surface area contributed by atoms with Gasteiger partial charge in [0.15, 0.2) is 5.52 Å². The minimum absolute atomic E-state index is 0.122. The summed E-state index contributed by atoms with van der Waals surface area (Å²) in [6.07, 6.45) is 3.14. The van der Waals surface area contributed by atoms with Crippen LogP contribution in [-0.4, -0.2) is 28.6 Å². The van der Waals surface area contributed by atoms with E-state index in [4.69, 9.17) is 0 Å². The van der Waals surface area contributed by atoms with Gasteiger partial charge in [0.2, 0.25) is 0 Å². The number of aromatic nitrogens is 3. The number of anilines is 1. The zero-order valence-electron chi connectivity index (χ0n) is 8.93. The molecule has 0 unspecified atom stereocenters. The summed E-state index contributed by atoms with van der Waals surface area (Å²) in [6.45, 7) is 0. The van der Waals surface area contributed by atoms with Gasteiger partial charge in [0, 0.05) is 27.3 Å². The van der Waals surface area contributed by atoms with Crippen LogP contribution in [0.25, 0.3) is 11.0 Å². The van der Waals surface area contributed by atoms with E-state index in [1.807, 2.05) is 25.1 Å². The third-order valence-electron chi connectivity index (χ3n) is 2.27. The lowest BCUT2D eigenvalue weighted by Gasteiger charge is -2.13. The Labute approximate surface area is 87.0 Å². The Morgan fingerprint density at radius 2 is 2.00 bits per heavy atom. The fourth-order valence-corrected chi connectivity index (χ4v) is 1.45. The van der Waals surface area contributed by atoms with Crippen LogP contribution >= 0.6 is 0 Å². The lowest BCUT2D eigenvalue weighted by atomic mass is 10.3. The monoisotopic (exact) mass is 204 g/mol. The maximum Gasteiger partial charge on any atom is 0.279 e. The standard InChI is InChI=1S/C10H12N4O/c1-13(2)7-4-5-11-9-8(7)12-6-14(3)10(9)15/h4-6H,1-3H3. The molecule has 0 aliphatic heterocycles. The van der Waals surface area contributed by atoms with Crippen LogP contribution in [0.1, 0.15) is 0 Å². The van der Waals surface area contributed by atoms with Crippen LogP contribution in [0.4, 0.5) is 5.69 Å². The number of pyridine rings is 1. The maximum absolute atomic E-state index is 11.7. The predicted octanol–water partition coefficient (Wildman–Crippen LogP) is 0.394. The van der Waals surface area contributed by atoms with Gasteiger partial charge in [-0.05, 0) is 6.07 Å². The molecular formula is C10H12N4O. The minimum atomic E-state index is -0.122. The van der Waals surface area contributed by atoms with E-state index in [0.29, 0.717) is 11.0 Å². The lowest BCUT2D eigenvalue weighted by molar-refractivity contribution is 0.838. The molecule has 0 radical (unpaired) electrons. The number of nitrogens with zero attached hydrogens (tertiary/aromatic N) is 4. The second kappa shape index (κ2) is 3.34. The van der Waals surface area contributed by atoms with Crippen molar-refractivity contribution < 1.29 is 0 Å². The van der Waals surface area contributed by atoms with Gasteiger partial charge in [-0.2, -0.15) is 0 Å². The third kappa shape index (κ3) is 1.45. The van der Waals surface area contributed by atoms with Crippen molar-refractivity contribution in [2.75, 3.05) is 19.0 Å². The molecular weight excluding hydrogens is 192 g/mol.